The molecule has 9 heteroatoms. The highest BCUT2D eigenvalue weighted by molar-refractivity contribution is 7.89. The number of carbonyl (C=O) groups is 2. The highest BCUT2D eigenvalue weighted by Gasteiger charge is 2.27. The zero-order valence-corrected chi connectivity index (χ0v) is 20.2. The highest BCUT2D eigenvalue weighted by Crippen LogP contribution is 2.30. The zero-order chi connectivity index (χ0) is 24.2. The fraction of sp³-hybridized carbons (Fsp3) is 0.417. The molecule has 2 aromatic carbocycles. The second kappa shape index (κ2) is 10.4. The van der Waals surface area contributed by atoms with Gasteiger partial charge in [0.05, 0.1) is 10.5 Å². The van der Waals surface area contributed by atoms with E-state index >= 15 is 0 Å². The Morgan fingerprint density at radius 2 is 1.67 bits per heavy atom. The Hall–Kier alpha value is -2.91. The summed E-state index contributed by atoms with van der Waals surface area (Å²) in [6.45, 7) is 8.08. The van der Waals surface area contributed by atoms with E-state index in [2.05, 4.69) is 17.1 Å². The quantitative estimate of drug-likeness (QED) is 0.612. The fourth-order valence-corrected chi connectivity index (χ4v) is 5.50. The summed E-state index contributed by atoms with van der Waals surface area (Å²) in [5.74, 6) is -0.347. The van der Waals surface area contributed by atoms with Crippen molar-refractivity contribution in [2.45, 2.75) is 38.5 Å². The molecule has 0 aliphatic carbocycles. The van der Waals surface area contributed by atoms with Gasteiger partial charge in [-0.05, 0) is 61.2 Å². The second-order valence-corrected chi connectivity index (χ2v) is 10.3. The number of nitrogens with one attached hydrogen (secondary N) is 1. The van der Waals surface area contributed by atoms with Crippen molar-refractivity contribution in [1.29, 1.82) is 0 Å². The number of hydrogen-bond acceptors (Lipinski definition) is 5. The van der Waals surface area contributed by atoms with Crippen LogP contribution in [0.4, 0.5) is 11.4 Å². The van der Waals surface area contributed by atoms with Crippen molar-refractivity contribution in [2.75, 3.05) is 36.4 Å². The Kier molecular flexibility index (Phi) is 7.76. The molecule has 0 radical (unpaired) electrons. The molecule has 0 aromatic heterocycles. The van der Waals surface area contributed by atoms with E-state index in [1.807, 2.05) is 0 Å². The second-order valence-electron chi connectivity index (χ2n) is 8.33. The first-order chi connectivity index (χ1) is 15.7. The molecule has 0 saturated carbocycles. The number of nitrogens with zero attached hydrogens (tertiary/aromatic N) is 2. The first-order valence-corrected chi connectivity index (χ1v) is 12.7. The van der Waals surface area contributed by atoms with Crippen LogP contribution in [0.25, 0.3) is 0 Å². The van der Waals surface area contributed by atoms with Crippen LogP contribution in [0.2, 0.25) is 0 Å². The molecule has 0 bridgehead atoms. The highest BCUT2D eigenvalue weighted by atomic mass is 32.2. The molecule has 1 heterocycles. The van der Waals surface area contributed by atoms with Crippen LogP contribution in [0.15, 0.2) is 47.4 Å². The van der Waals surface area contributed by atoms with Crippen LogP contribution in [-0.2, 0) is 10.0 Å². The average Bonchev–Trinajstić information content (AvgIpc) is 2.80. The number of rotatable bonds is 8. The lowest BCUT2D eigenvalue weighted by Crippen LogP contribution is -2.35. The Bertz CT molecular complexity index is 1100. The number of sulfonamides is 1. The number of carbonyl (C=O) groups excluding carboxylic acids is 2. The van der Waals surface area contributed by atoms with Gasteiger partial charge in [-0.15, -0.1) is 0 Å². The Labute approximate surface area is 195 Å². The van der Waals surface area contributed by atoms with Crippen LogP contribution >= 0.6 is 0 Å². The molecule has 0 unspecified atom stereocenters. The van der Waals surface area contributed by atoms with Crippen LogP contribution < -0.4 is 16.0 Å². The lowest BCUT2D eigenvalue weighted by Gasteiger charge is -2.33. The summed E-state index contributed by atoms with van der Waals surface area (Å²) in [5, 5.41) is 2.82. The Balaban J connectivity index is 1.99. The van der Waals surface area contributed by atoms with Crippen molar-refractivity contribution >= 4 is 33.2 Å². The summed E-state index contributed by atoms with van der Waals surface area (Å²) in [6, 6.07) is 11.0. The molecule has 0 atom stereocenters. The lowest BCUT2D eigenvalue weighted by molar-refractivity contribution is 0.0998. The van der Waals surface area contributed by atoms with E-state index in [9.17, 15) is 18.0 Å². The number of benzene rings is 2. The lowest BCUT2D eigenvalue weighted by atomic mass is 9.98. The van der Waals surface area contributed by atoms with Gasteiger partial charge < -0.3 is 16.0 Å². The maximum absolute atomic E-state index is 13.3. The van der Waals surface area contributed by atoms with Crippen molar-refractivity contribution in [1.82, 2.24) is 4.31 Å². The largest absolute Gasteiger partial charge is 0.371 e. The number of hydrogen-bond donors (Lipinski definition) is 2. The van der Waals surface area contributed by atoms with Crippen LogP contribution in [-0.4, -0.2) is 50.7 Å². The van der Waals surface area contributed by atoms with Gasteiger partial charge in [0, 0.05) is 43.1 Å². The number of primary amides is 1. The Morgan fingerprint density at radius 1 is 1.06 bits per heavy atom. The van der Waals surface area contributed by atoms with Gasteiger partial charge in [0.15, 0.2) is 0 Å². The molecular weight excluding hydrogens is 440 g/mol. The van der Waals surface area contributed by atoms with Crippen LogP contribution in [0.5, 0.6) is 0 Å². The van der Waals surface area contributed by atoms with Gasteiger partial charge in [-0.2, -0.15) is 4.31 Å². The van der Waals surface area contributed by atoms with Gasteiger partial charge in [-0.1, -0.05) is 20.8 Å². The van der Waals surface area contributed by atoms with Crippen molar-refractivity contribution in [3.63, 3.8) is 0 Å². The van der Waals surface area contributed by atoms with Crippen molar-refractivity contribution in [2.24, 2.45) is 11.7 Å². The first kappa shape index (κ1) is 24.7. The Morgan fingerprint density at radius 3 is 2.21 bits per heavy atom. The minimum Gasteiger partial charge on any atom is -0.371 e. The molecule has 0 spiro atoms. The number of anilines is 2. The molecule has 1 aliphatic heterocycles. The van der Waals surface area contributed by atoms with Gasteiger partial charge in [0.2, 0.25) is 15.9 Å². The molecule has 3 N–H and O–H groups in total. The topological polar surface area (TPSA) is 113 Å². The van der Waals surface area contributed by atoms with Gasteiger partial charge in [-0.3, -0.25) is 9.59 Å². The molecule has 2 aromatic rings. The van der Waals surface area contributed by atoms with Crippen LogP contribution in [0.3, 0.4) is 0 Å². The van der Waals surface area contributed by atoms with Gasteiger partial charge in [0.25, 0.3) is 5.91 Å². The first-order valence-electron chi connectivity index (χ1n) is 11.3. The summed E-state index contributed by atoms with van der Waals surface area (Å²) in [7, 11) is -3.72. The summed E-state index contributed by atoms with van der Waals surface area (Å²) in [6.07, 6.45) is 2.02. The average molecular weight is 473 g/mol. The SMILES string of the molecule is CCN(CC)S(=O)(=O)c1ccc(N2CCC(C)CC2)c(C(=O)Nc2ccc(C(N)=O)cc2)c1. The predicted molar refractivity (Wildman–Crippen MR) is 130 cm³/mol. The van der Waals surface area contributed by atoms with E-state index < -0.39 is 21.8 Å². The number of piperidine rings is 1. The third-order valence-electron chi connectivity index (χ3n) is 6.11. The molecule has 1 saturated heterocycles. The van der Waals surface area contributed by atoms with Gasteiger partial charge >= 0.3 is 0 Å². The minimum atomic E-state index is -3.72. The third kappa shape index (κ3) is 5.54. The summed E-state index contributed by atoms with van der Waals surface area (Å²) >= 11 is 0. The third-order valence-corrected chi connectivity index (χ3v) is 8.15. The maximum atomic E-state index is 13.3. The molecular formula is C24H32N4O4S. The minimum absolute atomic E-state index is 0.0922. The van der Waals surface area contributed by atoms with E-state index in [0.29, 0.717) is 41.5 Å². The molecule has 178 valence electrons. The summed E-state index contributed by atoms with van der Waals surface area (Å²) in [4.78, 5) is 26.8. The smallest absolute Gasteiger partial charge is 0.257 e. The van der Waals surface area contributed by atoms with Crippen molar-refractivity contribution in [3.8, 4) is 0 Å². The fourth-order valence-electron chi connectivity index (χ4n) is 4.01. The molecule has 2 amide bonds. The zero-order valence-electron chi connectivity index (χ0n) is 19.4. The van der Waals surface area contributed by atoms with Gasteiger partial charge in [0.1, 0.15) is 0 Å². The van der Waals surface area contributed by atoms with Crippen LogP contribution in [0, 0.1) is 5.92 Å². The normalized spacial score (nSPS) is 15.0. The van der Waals surface area contributed by atoms with Crippen molar-refractivity contribution in [3.05, 3.63) is 53.6 Å². The molecule has 8 nitrogen and oxygen atoms in total. The number of amides is 2. The van der Waals surface area contributed by atoms with E-state index in [0.717, 1.165) is 25.9 Å². The van der Waals surface area contributed by atoms with Gasteiger partial charge in [-0.25, -0.2) is 8.42 Å². The van der Waals surface area contributed by atoms with E-state index in [1.54, 1.807) is 38.1 Å². The molecule has 1 aliphatic rings. The predicted octanol–water partition coefficient (Wildman–Crippen LogP) is 3.30. The van der Waals surface area contributed by atoms with Crippen LogP contribution in [0.1, 0.15) is 54.3 Å². The maximum Gasteiger partial charge on any atom is 0.257 e. The summed E-state index contributed by atoms with van der Waals surface area (Å²) in [5.41, 5.74) is 7.12. The molecule has 1 fully saturated rings. The van der Waals surface area contributed by atoms with Crippen molar-refractivity contribution < 1.29 is 18.0 Å². The molecule has 3 rings (SSSR count). The van der Waals surface area contributed by atoms with E-state index in [-0.39, 0.29) is 4.90 Å². The summed E-state index contributed by atoms with van der Waals surface area (Å²) < 4.78 is 27.6. The monoisotopic (exact) mass is 472 g/mol. The van der Waals surface area contributed by atoms with E-state index in [4.69, 9.17) is 5.73 Å². The molecule has 33 heavy (non-hydrogen) atoms. The number of nitrogens with two attached hydrogens (primary N) is 1. The standard InChI is InChI=1S/C24H32N4O4S/c1-4-28(5-2)33(31,32)20-10-11-22(27-14-12-17(3)13-15-27)21(16-20)24(30)26-19-8-6-18(7-9-19)23(25)29/h6-11,16-17H,4-5,12-15H2,1-3H3,(H2,25,29)(H,26,30). The van der Waals surface area contributed by atoms with E-state index in [1.165, 1.54) is 22.5 Å².